The maximum atomic E-state index is 11.4. The van der Waals surface area contributed by atoms with Crippen molar-refractivity contribution in [1.82, 2.24) is 10.6 Å². The van der Waals surface area contributed by atoms with Crippen LogP contribution in [0.2, 0.25) is 0 Å². The van der Waals surface area contributed by atoms with Gasteiger partial charge in [-0.2, -0.15) is 0 Å². The molecule has 0 unspecified atom stereocenters. The highest BCUT2D eigenvalue weighted by Gasteiger charge is 2.05. The summed E-state index contributed by atoms with van der Waals surface area (Å²) in [5, 5.41) is 6.22. The number of aliphatic imine (C=N–C) groups is 1. The monoisotopic (exact) mass is 423 g/mol. The SMILES string of the molecule is C=CCNC(=NCc1ccc(S(C)(=O)=O)cc1)NCC.I. The summed E-state index contributed by atoms with van der Waals surface area (Å²) in [6.45, 7) is 7.53. The van der Waals surface area contributed by atoms with Gasteiger partial charge in [-0.1, -0.05) is 18.2 Å². The van der Waals surface area contributed by atoms with Gasteiger partial charge < -0.3 is 10.6 Å². The number of benzene rings is 1. The highest BCUT2D eigenvalue weighted by molar-refractivity contribution is 14.0. The van der Waals surface area contributed by atoms with Gasteiger partial charge in [0.2, 0.25) is 0 Å². The van der Waals surface area contributed by atoms with Gasteiger partial charge in [0, 0.05) is 19.3 Å². The summed E-state index contributed by atoms with van der Waals surface area (Å²) in [6, 6.07) is 6.75. The smallest absolute Gasteiger partial charge is 0.191 e. The van der Waals surface area contributed by atoms with Crippen LogP contribution in [-0.4, -0.2) is 33.7 Å². The van der Waals surface area contributed by atoms with Crippen molar-refractivity contribution in [3.63, 3.8) is 0 Å². The Morgan fingerprint density at radius 2 is 1.90 bits per heavy atom. The molecule has 5 nitrogen and oxygen atoms in total. The van der Waals surface area contributed by atoms with Crippen LogP contribution in [0.4, 0.5) is 0 Å². The molecule has 0 atom stereocenters. The first kappa shape index (κ1) is 19.9. The van der Waals surface area contributed by atoms with E-state index in [0.29, 0.717) is 23.9 Å². The van der Waals surface area contributed by atoms with Crippen LogP contribution in [0, 0.1) is 0 Å². The molecular weight excluding hydrogens is 401 g/mol. The molecule has 0 saturated carbocycles. The Morgan fingerprint density at radius 1 is 1.29 bits per heavy atom. The van der Waals surface area contributed by atoms with E-state index in [4.69, 9.17) is 0 Å². The molecule has 118 valence electrons. The lowest BCUT2D eigenvalue weighted by Gasteiger charge is -2.09. The molecule has 0 aromatic heterocycles. The third kappa shape index (κ3) is 7.47. The number of nitrogens with zero attached hydrogens (tertiary/aromatic N) is 1. The van der Waals surface area contributed by atoms with E-state index in [9.17, 15) is 8.42 Å². The van der Waals surface area contributed by atoms with E-state index in [-0.39, 0.29) is 24.0 Å². The predicted octanol–water partition coefficient (Wildman–Crippen LogP) is 1.95. The van der Waals surface area contributed by atoms with Crippen molar-refractivity contribution < 1.29 is 8.42 Å². The van der Waals surface area contributed by atoms with E-state index in [1.807, 2.05) is 6.92 Å². The molecule has 0 radical (unpaired) electrons. The summed E-state index contributed by atoms with van der Waals surface area (Å²) >= 11 is 0. The summed E-state index contributed by atoms with van der Waals surface area (Å²) < 4.78 is 22.7. The van der Waals surface area contributed by atoms with Crippen molar-refractivity contribution in [3.8, 4) is 0 Å². The second-order valence-corrected chi connectivity index (χ2v) is 6.30. The second kappa shape index (κ2) is 9.78. The van der Waals surface area contributed by atoms with Crippen LogP contribution < -0.4 is 10.6 Å². The van der Waals surface area contributed by atoms with E-state index in [1.54, 1.807) is 30.3 Å². The number of halogens is 1. The summed E-state index contributed by atoms with van der Waals surface area (Å²) in [5.41, 5.74) is 0.952. The molecule has 0 spiro atoms. The molecule has 2 N–H and O–H groups in total. The molecule has 0 fully saturated rings. The van der Waals surface area contributed by atoms with E-state index >= 15 is 0 Å². The first-order valence-corrected chi connectivity index (χ1v) is 8.28. The average molecular weight is 423 g/mol. The Bertz CT molecular complexity index is 568. The molecule has 1 rings (SSSR count). The minimum atomic E-state index is -3.14. The van der Waals surface area contributed by atoms with Crippen LogP contribution in [0.1, 0.15) is 12.5 Å². The Balaban J connectivity index is 0.00000400. The zero-order valence-electron chi connectivity index (χ0n) is 12.3. The van der Waals surface area contributed by atoms with Gasteiger partial charge in [-0.3, -0.25) is 0 Å². The molecule has 1 aromatic carbocycles. The van der Waals surface area contributed by atoms with Crippen molar-refractivity contribution in [2.24, 2.45) is 4.99 Å². The second-order valence-electron chi connectivity index (χ2n) is 4.28. The minimum Gasteiger partial charge on any atom is -0.357 e. The molecule has 0 aliphatic rings. The number of nitrogens with one attached hydrogen (secondary N) is 2. The maximum absolute atomic E-state index is 11.4. The van der Waals surface area contributed by atoms with Gasteiger partial charge in [-0.15, -0.1) is 30.6 Å². The van der Waals surface area contributed by atoms with Gasteiger partial charge in [0.15, 0.2) is 15.8 Å². The topological polar surface area (TPSA) is 70.6 Å². The van der Waals surface area contributed by atoms with E-state index in [0.717, 1.165) is 12.1 Å². The van der Waals surface area contributed by atoms with E-state index < -0.39 is 9.84 Å². The van der Waals surface area contributed by atoms with Crippen LogP contribution in [0.3, 0.4) is 0 Å². The molecule has 7 heteroatoms. The number of sulfone groups is 1. The molecule has 1 aromatic rings. The maximum Gasteiger partial charge on any atom is 0.191 e. The Hall–Kier alpha value is -1.09. The van der Waals surface area contributed by atoms with Crippen molar-refractivity contribution in [2.45, 2.75) is 18.4 Å². The summed E-state index contributed by atoms with van der Waals surface area (Å²) in [7, 11) is -3.14. The zero-order chi connectivity index (χ0) is 15.0. The number of rotatable bonds is 6. The average Bonchev–Trinajstić information content (AvgIpc) is 2.41. The summed E-state index contributed by atoms with van der Waals surface area (Å²) in [4.78, 5) is 4.73. The molecule has 21 heavy (non-hydrogen) atoms. The van der Waals surface area contributed by atoms with E-state index in [2.05, 4.69) is 22.2 Å². The largest absolute Gasteiger partial charge is 0.357 e. The lowest BCUT2D eigenvalue weighted by atomic mass is 10.2. The number of hydrogen-bond acceptors (Lipinski definition) is 3. The van der Waals surface area contributed by atoms with Crippen LogP contribution in [0.15, 0.2) is 46.8 Å². The molecule has 0 aliphatic heterocycles. The van der Waals surface area contributed by atoms with Crippen LogP contribution in [-0.2, 0) is 16.4 Å². The number of hydrogen-bond donors (Lipinski definition) is 2. The van der Waals surface area contributed by atoms with Gasteiger partial charge in [-0.05, 0) is 24.6 Å². The molecular formula is C14H22IN3O2S. The molecule has 0 heterocycles. The fourth-order valence-corrected chi connectivity index (χ4v) is 2.15. The lowest BCUT2D eigenvalue weighted by Crippen LogP contribution is -2.37. The summed E-state index contributed by atoms with van der Waals surface area (Å²) in [5.74, 6) is 0.708. The van der Waals surface area contributed by atoms with Crippen LogP contribution >= 0.6 is 24.0 Å². The predicted molar refractivity (Wildman–Crippen MR) is 98.0 cm³/mol. The minimum absolute atomic E-state index is 0. The van der Waals surface area contributed by atoms with Gasteiger partial charge in [0.1, 0.15) is 0 Å². The highest BCUT2D eigenvalue weighted by atomic mass is 127. The molecule has 0 amide bonds. The first-order chi connectivity index (χ1) is 9.47. The summed E-state index contributed by atoms with van der Waals surface area (Å²) in [6.07, 6.45) is 2.95. The highest BCUT2D eigenvalue weighted by Crippen LogP contribution is 2.10. The third-order valence-electron chi connectivity index (χ3n) is 2.53. The van der Waals surface area contributed by atoms with Crippen LogP contribution in [0.5, 0.6) is 0 Å². The molecule has 0 bridgehead atoms. The van der Waals surface area contributed by atoms with Crippen molar-refractivity contribution >= 4 is 39.8 Å². The van der Waals surface area contributed by atoms with E-state index in [1.165, 1.54) is 6.26 Å². The van der Waals surface area contributed by atoms with Gasteiger partial charge in [0.25, 0.3) is 0 Å². The Kier molecular flexibility index (Phi) is 9.27. The fourth-order valence-electron chi connectivity index (χ4n) is 1.52. The van der Waals surface area contributed by atoms with Crippen molar-refractivity contribution in [1.29, 1.82) is 0 Å². The Morgan fingerprint density at radius 3 is 2.38 bits per heavy atom. The molecule has 0 saturated heterocycles. The first-order valence-electron chi connectivity index (χ1n) is 6.39. The van der Waals surface area contributed by atoms with Crippen molar-refractivity contribution in [3.05, 3.63) is 42.5 Å². The standard InChI is InChI=1S/C14H21N3O2S.HI/c1-4-10-16-14(15-5-2)17-11-12-6-8-13(9-7-12)20(3,18)19;/h4,6-9H,1,5,10-11H2,2-3H3,(H2,15,16,17);1H. The lowest BCUT2D eigenvalue weighted by molar-refractivity contribution is 0.602. The van der Waals surface area contributed by atoms with Gasteiger partial charge in [-0.25, -0.2) is 13.4 Å². The fraction of sp³-hybridized carbons (Fsp3) is 0.357. The molecule has 0 aliphatic carbocycles. The zero-order valence-corrected chi connectivity index (χ0v) is 15.4. The Labute approximate surface area is 143 Å². The number of guanidine groups is 1. The van der Waals surface area contributed by atoms with Crippen LogP contribution in [0.25, 0.3) is 0 Å². The van der Waals surface area contributed by atoms with Gasteiger partial charge >= 0.3 is 0 Å². The normalized spacial score (nSPS) is 11.4. The quantitative estimate of drug-likeness (QED) is 0.318. The third-order valence-corrected chi connectivity index (χ3v) is 3.66. The van der Waals surface area contributed by atoms with Crippen molar-refractivity contribution in [2.75, 3.05) is 19.3 Å². The van der Waals surface area contributed by atoms with Gasteiger partial charge in [0.05, 0.1) is 11.4 Å².